The molecule has 2 aromatic rings. The Morgan fingerprint density at radius 1 is 0.870 bits per heavy atom. The molecule has 1 N–H and O–H groups in total. The number of benzene rings is 2. The highest BCUT2D eigenvalue weighted by Crippen LogP contribution is 2.55. The maximum Gasteiger partial charge on any atom is 0.0779 e. The molecule has 2 aromatic carbocycles. The molecule has 2 saturated heterocycles. The first-order chi connectivity index (χ1) is 11.2. The third kappa shape index (κ3) is 1.87. The summed E-state index contributed by atoms with van der Waals surface area (Å²) in [6.45, 7) is 0. The maximum atomic E-state index is 12.4. The standard InChI is InChI=1S/C20H20O2S/c21-20(11-13-9-10-14(12-20)23(13)22)19-17-7-3-1-5-15(17)16-6-2-4-8-18(16)19/h1-8,13-14,19,21H,9-12H2. The molecule has 5 rings (SSSR count). The van der Waals surface area contributed by atoms with E-state index in [1.54, 1.807) is 0 Å². The van der Waals surface area contributed by atoms with Crippen LogP contribution in [0.25, 0.3) is 11.1 Å². The molecular formula is C20H20O2S. The van der Waals surface area contributed by atoms with E-state index in [1.807, 2.05) is 0 Å². The lowest BCUT2D eigenvalue weighted by molar-refractivity contribution is 0.00774. The molecule has 2 fully saturated rings. The lowest BCUT2D eigenvalue weighted by Crippen LogP contribution is -2.46. The Hall–Kier alpha value is -1.45. The number of rotatable bonds is 1. The third-order valence-corrected chi connectivity index (χ3v) is 8.12. The monoisotopic (exact) mass is 324 g/mol. The van der Waals surface area contributed by atoms with Gasteiger partial charge in [0.15, 0.2) is 0 Å². The molecule has 0 spiro atoms. The average molecular weight is 324 g/mol. The fourth-order valence-electron chi connectivity index (χ4n) is 5.09. The quantitative estimate of drug-likeness (QED) is 0.870. The molecule has 0 aromatic heterocycles. The first-order valence-electron chi connectivity index (χ1n) is 8.47. The summed E-state index contributed by atoms with van der Waals surface area (Å²) in [6, 6.07) is 16.9. The Morgan fingerprint density at radius 3 is 1.87 bits per heavy atom. The van der Waals surface area contributed by atoms with Gasteiger partial charge in [0.2, 0.25) is 0 Å². The molecule has 1 aliphatic carbocycles. The molecule has 3 aliphatic rings. The number of aliphatic hydroxyl groups is 1. The third-order valence-electron chi connectivity index (χ3n) is 6.00. The zero-order valence-electron chi connectivity index (χ0n) is 12.9. The van der Waals surface area contributed by atoms with Gasteiger partial charge in [-0.25, -0.2) is 0 Å². The van der Waals surface area contributed by atoms with Crippen molar-refractivity contribution in [3.05, 3.63) is 59.7 Å². The van der Waals surface area contributed by atoms with Gasteiger partial charge in [-0.15, -0.1) is 0 Å². The van der Waals surface area contributed by atoms with Gasteiger partial charge in [0.1, 0.15) is 0 Å². The summed E-state index contributed by atoms with van der Waals surface area (Å²) in [5.41, 5.74) is 4.22. The van der Waals surface area contributed by atoms with Crippen LogP contribution in [0.3, 0.4) is 0 Å². The van der Waals surface area contributed by atoms with Gasteiger partial charge in [0, 0.05) is 27.2 Å². The van der Waals surface area contributed by atoms with Gasteiger partial charge in [-0.05, 0) is 47.9 Å². The second kappa shape index (κ2) is 4.78. The van der Waals surface area contributed by atoms with Gasteiger partial charge in [-0.1, -0.05) is 48.5 Å². The first-order valence-corrected chi connectivity index (χ1v) is 9.75. The SMILES string of the molecule is O=S1C2CCC1CC(O)(C1c3ccccc3-c3ccccc31)C2. The molecule has 0 saturated carbocycles. The van der Waals surface area contributed by atoms with Gasteiger partial charge in [0.25, 0.3) is 0 Å². The number of hydrogen-bond donors (Lipinski definition) is 1. The fourth-order valence-corrected chi connectivity index (χ4v) is 7.27. The van der Waals surface area contributed by atoms with Crippen LogP contribution in [0.15, 0.2) is 48.5 Å². The molecule has 2 nitrogen and oxygen atoms in total. The van der Waals surface area contributed by atoms with Crippen molar-refractivity contribution >= 4 is 10.8 Å². The van der Waals surface area contributed by atoms with Gasteiger partial charge < -0.3 is 5.11 Å². The van der Waals surface area contributed by atoms with E-state index in [2.05, 4.69) is 48.5 Å². The topological polar surface area (TPSA) is 37.3 Å². The summed E-state index contributed by atoms with van der Waals surface area (Å²) in [6.07, 6.45) is 3.36. The summed E-state index contributed by atoms with van der Waals surface area (Å²) in [5.74, 6) is 0.0234. The molecule has 23 heavy (non-hydrogen) atoms. The van der Waals surface area contributed by atoms with Gasteiger partial charge in [-0.2, -0.15) is 0 Å². The minimum Gasteiger partial charge on any atom is -0.389 e. The van der Waals surface area contributed by atoms with E-state index >= 15 is 0 Å². The van der Waals surface area contributed by atoms with E-state index < -0.39 is 16.4 Å². The minimum absolute atomic E-state index is 0.0234. The normalized spacial score (nSPS) is 35.1. The predicted molar refractivity (Wildman–Crippen MR) is 92.9 cm³/mol. The molecule has 0 amide bonds. The predicted octanol–water partition coefficient (Wildman–Crippen LogP) is 3.60. The zero-order valence-corrected chi connectivity index (χ0v) is 13.8. The van der Waals surface area contributed by atoms with E-state index in [9.17, 15) is 9.32 Å². The van der Waals surface area contributed by atoms with Crippen molar-refractivity contribution in [1.82, 2.24) is 0 Å². The molecule has 3 heteroatoms. The molecule has 2 bridgehead atoms. The molecule has 2 atom stereocenters. The Kier molecular flexibility index (Phi) is 2.90. The summed E-state index contributed by atoms with van der Waals surface area (Å²) >= 11 is 0. The van der Waals surface area contributed by atoms with Crippen LogP contribution in [0.5, 0.6) is 0 Å². The minimum atomic E-state index is -0.761. The lowest BCUT2D eigenvalue weighted by Gasteiger charge is -2.41. The largest absolute Gasteiger partial charge is 0.389 e. The summed E-state index contributed by atoms with van der Waals surface area (Å²) in [7, 11) is -0.741. The Bertz CT molecular complexity index is 751. The summed E-state index contributed by atoms with van der Waals surface area (Å²) < 4.78 is 12.4. The second-order valence-corrected chi connectivity index (χ2v) is 9.26. The van der Waals surface area contributed by atoms with Crippen molar-refractivity contribution in [3.8, 4) is 11.1 Å². The van der Waals surface area contributed by atoms with Crippen molar-refractivity contribution < 1.29 is 9.32 Å². The fraction of sp³-hybridized carbons (Fsp3) is 0.400. The average Bonchev–Trinajstić information content (AvgIpc) is 3.00. The van der Waals surface area contributed by atoms with Crippen LogP contribution in [0, 0.1) is 0 Å². The Labute approximate surface area is 139 Å². The first kappa shape index (κ1) is 13.9. The number of hydrogen-bond acceptors (Lipinski definition) is 2. The van der Waals surface area contributed by atoms with Crippen molar-refractivity contribution in [2.24, 2.45) is 0 Å². The van der Waals surface area contributed by atoms with Crippen molar-refractivity contribution in [1.29, 1.82) is 0 Å². The van der Waals surface area contributed by atoms with E-state index in [-0.39, 0.29) is 16.4 Å². The van der Waals surface area contributed by atoms with Crippen LogP contribution in [-0.4, -0.2) is 25.4 Å². The van der Waals surface area contributed by atoms with Crippen molar-refractivity contribution in [3.63, 3.8) is 0 Å². The van der Waals surface area contributed by atoms with E-state index in [0.717, 1.165) is 12.8 Å². The molecular weight excluding hydrogens is 304 g/mol. The van der Waals surface area contributed by atoms with Crippen molar-refractivity contribution in [2.75, 3.05) is 0 Å². The Balaban J connectivity index is 1.67. The van der Waals surface area contributed by atoms with E-state index in [4.69, 9.17) is 0 Å². The molecule has 2 aliphatic heterocycles. The number of fused-ring (bicyclic) bond motifs is 5. The van der Waals surface area contributed by atoms with E-state index in [1.165, 1.54) is 22.3 Å². The van der Waals surface area contributed by atoms with Crippen LogP contribution in [0.2, 0.25) is 0 Å². The molecule has 0 radical (unpaired) electrons. The zero-order chi connectivity index (χ0) is 15.6. The maximum absolute atomic E-state index is 12.4. The van der Waals surface area contributed by atoms with E-state index in [0.29, 0.717) is 12.8 Å². The van der Waals surface area contributed by atoms with Crippen LogP contribution >= 0.6 is 0 Å². The summed E-state index contributed by atoms with van der Waals surface area (Å²) in [5, 5.41) is 12.0. The molecule has 2 heterocycles. The highest BCUT2D eigenvalue weighted by atomic mass is 32.2. The van der Waals surface area contributed by atoms with Gasteiger partial charge in [0.05, 0.1) is 5.60 Å². The highest BCUT2D eigenvalue weighted by Gasteiger charge is 2.53. The second-order valence-electron chi connectivity index (χ2n) is 7.27. The lowest BCUT2D eigenvalue weighted by atomic mass is 9.75. The Morgan fingerprint density at radius 2 is 1.35 bits per heavy atom. The highest BCUT2D eigenvalue weighted by molar-refractivity contribution is 7.86. The van der Waals surface area contributed by atoms with Crippen LogP contribution in [0.4, 0.5) is 0 Å². The van der Waals surface area contributed by atoms with Crippen LogP contribution in [-0.2, 0) is 10.8 Å². The van der Waals surface area contributed by atoms with Gasteiger partial charge in [-0.3, -0.25) is 4.21 Å². The molecule has 2 unspecified atom stereocenters. The van der Waals surface area contributed by atoms with Crippen molar-refractivity contribution in [2.45, 2.75) is 47.7 Å². The van der Waals surface area contributed by atoms with Crippen LogP contribution in [0.1, 0.15) is 42.7 Å². The smallest absolute Gasteiger partial charge is 0.0779 e. The van der Waals surface area contributed by atoms with Gasteiger partial charge >= 0.3 is 0 Å². The summed E-state index contributed by atoms with van der Waals surface area (Å²) in [4.78, 5) is 0. The molecule has 118 valence electrons. The van der Waals surface area contributed by atoms with Crippen LogP contribution < -0.4 is 0 Å².